The molecule has 0 spiro atoms. The molecule has 2 aromatic carbocycles. The van der Waals surface area contributed by atoms with Crippen molar-refractivity contribution in [1.29, 1.82) is 0 Å². The molecular formula is C21H26FN3O3S. The zero-order chi connectivity index (χ0) is 21.0. The summed E-state index contributed by atoms with van der Waals surface area (Å²) in [5.41, 5.74) is 2.35. The van der Waals surface area contributed by atoms with Crippen LogP contribution in [0.25, 0.3) is 0 Å². The van der Waals surface area contributed by atoms with Gasteiger partial charge in [0.15, 0.2) is 0 Å². The largest absolute Gasteiger partial charge is 0.372 e. The van der Waals surface area contributed by atoms with Crippen LogP contribution in [-0.2, 0) is 14.8 Å². The van der Waals surface area contributed by atoms with Crippen molar-refractivity contribution in [3.8, 4) is 0 Å². The van der Waals surface area contributed by atoms with Gasteiger partial charge in [0.1, 0.15) is 12.4 Å². The molecule has 0 saturated carbocycles. The molecule has 1 amide bonds. The minimum Gasteiger partial charge on any atom is -0.372 e. The van der Waals surface area contributed by atoms with Crippen LogP contribution in [0.1, 0.15) is 31.4 Å². The Balaban J connectivity index is 1.65. The Morgan fingerprint density at radius 2 is 1.69 bits per heavy atom. The summed E-state index contributed by atoms with van der Waals surface area (Å²) >= 11 is 0. The number of rotatable bonds is 7. The standard InChI is InChI=1S/C21H26FN3O3S/c1-16(17-5-9-19(10-6-17)24-13-3-4-14-24)23-21(26)15-25(29(2,27)28)20-11-7-18(22)8-12-20/h5-12,16H,3-4,13-15H2,1-2H3,(H,23,26). The van der Waals surface area contributed by atoms with Gasteiger partial charge in [-0.3, -0.25) is 9.10 Å². The lowest BCUT2D eigenvalue weighted by molar-refractivity contribution is -0.120. The average Bonchev–Trinajstić information content (AvgIpc) is 3.21. The van der Waals surface area contributed by atoms with E-state index in [1.54, 1.807) is 0 Å². The van der Waals surface area contributed by atoms with Crippen LogP contribution in [-0.4, -0.2) is 40.2 Å². The van der Waals surface area contributed by atoms with Crippen molar-refractivity contribution >= 4 is 27.3 Å². The zero-order valence-corrected chi connectivity index (χ0v) is 17.5. The Bertz CT molecular complexity index is 940. The van der Waals surface area contributed by atoms with Gasteiger partial charge < -0.3 is 10.2 Å². The molecule has 1 unspecified atom stereocenters. The summed E-state index contributed by atoms with van der Waals surface area (Å²) in [6, 6.07) is 12.8. The fourth-order valence-electron chi connectivity index (χ4n) is 3.46. The average molecular weight is 420 g/mol. The number of hydrogen-bond acceptors (Lipinski definition) is 4. The fourth-order valence-corrected chi connectivity index (χ4v) is 4.31. The highest BCUT2D eigenvalue weighted by atomic mass is 32.2. The summed E-state index contributed by atoms with van der Waals surface area (Å²) in [6.07, 6.45) is 3.43. The molecule has 1 aliphatic rings. The first-order valence-corrected chi connectivity index (χ1v) is 11.5. The van der Waals surface area contributed by atoms with E-state index in [1.165, 1.54) is 30.7 Å². The number of sulfonamides is 1. The van der Waals surface area contributed by atoms with Gasteiger partial charge in [0, 0.05) is 18.8 Å². The lowest BCUT2D eigenvalue weighted by Crippen LogP contribution is -2.41. The van der Waals surface area contributed by atoms with E-state index in [9.17, 15) is 17.6 Å². The number of carbonyl (C=O) groups excluding carboxylic acids is 1. The quantitative estimate of drug-likeness (QED) is 0.749. The van der Waals surface area contributed by atoms with Gasteiger partial charge in [0.2, 0.25) is 15.9 Å². The van der Waals surface area contributed by atoms with Gasteiger partial charge in [-0.15, -0.1) is 0 Å². The molecule has 1 saturated heterocycles. The number of nitrogens with one attached hydrogen (secondary N) is 1. The van der Waals surface area contributed by atoms with Crippen molar-refractivity contribution in [2.24, 2.45) is 0 Å². The van der Waals surface area contributed by atoms with E-state index in [0.717, 1.165) is 41.3 Å². The predicted octanol–water partition coefficient (Wildman–Crippen LogP) is 3.07. The lowest BCUT2D eigenvalue weighted by atomic mass is 10.1. The maximum Gasteiger partial charge on any atom is 0.241 e. The summed E-state index contributed by atoms with van der Waals surface area (Å²) in [6.45, 7) is 3.61. The SMILES string of the molecule is CC(NC(=O)CN(c1ccc(F)cc1)S(C)(=O)=O)c1ccc(N2CCCC2)cc1. The molecule has 0 radical (unpaired) electrons. The summed E-state index contributed by atoms with van der Waals surface area (Å²) < 4.78 is 38.3. The van der Waals surface area contributed by atoms with Gasteiger partial charge in [-0.05, 0) is 61.7 Å². The van der Waals surface area contributed by atoms with E-state index < -0.39 is 21.7 Å². The number of amides is 1. The van der Waals surface area contributed by atoms with Gasteiger partial charge in [0.05, 0.1) is 18.0 Å². The molecule has 6 nitrogen and oxygen atoms in total. The topological polar surface area (TPSA) is 69.7 Å². The monoisotopic (exact) mass is 419 g/mol. The number of hydrogen-bond donors (Lipinski definition) is 1. The molecule has 0 bridgehead atoms. The molecule has 29 heavy (non-hydrogen) atoms. The number of anilines is 2. The normalized spacial score (nSPS) is 15.2. The van der Waals surface area contributed by atoms with E-state index in [4.69, 9.17) is 0 Å². The zero-order valence-electron chi connectivity index (χ0n) is 16.6. The van der Waals surface area contributed by atoms with Crippen LogP contribution in [0.2, 0.25) is 0 Å². The second kappa shape index (κ2) is 8.82. The van der Waals surface area contributed by atoms with Crippen LogP contribution >= 0.6 is 0 Å². The number of carbonyl (C=O) groups is 1. The lowest BCUT2D eigenvalue weighted by Gasteiger charge is -2.23. The predicted molar refractivity (Wildman–Crippen MR) is 113 cm³/mol. The summed E-state index contributed by atoms with van der Waals surface area (Å²) in [7, 11) is -3.70. The molecule has 2 aromatic rings. The first-order valence-electron chi connectivity index (χ1n) is 9.61. The Morgan fingerprint density at radius 3 is 2.24 bits per heavy atom. The molecule has 0 aromatic heterocycles. The second-order valence-electron chi connectivity index (χ2n) is 7.32. The van der Waals surface area contributed by atoms with Gasteiger partial charge >= 0.3 is 0 Å². The number of halogens is 1. The van der Waals surface area contributed by atoms with Crippen LogP contribution in [0.5, 0.6) is 0 Å². The van der Waals surface area contributed by atoms with Crippen LogP contribution in [0, 0.1) is 5.82 Å². The number of benzene rings is 2. The summed E-state index contributed by atoms with van der Waals surface area (Å²) in [4.78, 5) is 14.8. The third-order valence-electron chi connectivity index (χ3n) is 5.04. The van der Waals surface area contributed by atoms with E-state index in [-0.39, 0.29) is 18.3 Å². The van der Waals surface area contributed by atoms with Crippen molar-refractivity contribution in [3.63, 3.8) is 0 Å². The molecular weight excluding hydrogens is 393 g/mol. The number of nitrogens with zero attached hydrogens (tertiary/aromatic N) is 2. The van der Waals surface area contributed by atoms with Gasteiger partial charge in [-0.2, -0.15) is 0 Å². The minimum absolute atomic E-state index is 0.242. The van der Waals surface area contributed by atoms with E-state index >= 15 is 0 Å². The van der Waals surface area contributed by atoms with Crippen molar-refractivity contribution in [1.82, 2.24) is 5.32 Å². The third kappa shape index (κ3) is 5.47. The van der Waals surface area contributed by atoms with E-state index in [1.807, 2.05) is 31.2 Å². The highest BCUT2D eigenvalue weighted by molar-refractivity contribution is 7.92. The van der Waals surface area contributed by atoms with Crippen molar-refractivity contribution < 1.29 is 17.6 Å². The van der Waals surface area contributed by atoms with Gasteiger partial charge in [-0.25, -0.2) is 12.8 Å². The molecule has 3 rings (SSSR count). The Labute approximate surface area is 171 Å². The molecule has 8 heteroatoms. The molecule has 1 fully saturated rings. The highest BCUT2D eigenvalue weighted by Gasteiger charge is 2.22. The van der Waals surface area contributed by atoms with Crippen molar-refractivity contribution in [2.75, 3.05) is 35.1 Å². The maximum absolute atomic E-state index is 13.1. The molecule has 1 atom stereocenters. The van der Waals surface area contributed by atoms with Crippen molar-refractivity contribution in [3.05, 3.63) is 59.9 Å². The molecule has 1 heterocycles. The minimum atomic E-state index is -3.70. The first kappa shape index (κ1) is 21.1. The Kier molecular flexibility index (Phi) is 6.42. The molecule has 156 valence electrons. The first-order chi connectivity index (χ1) is 13.7. The van der Waals surface area contributed by atoms with Crippen molar-refractivity contribution in [2.45, 2.75) is 25.8 Å². The van der Waals surface area contributed by atoms with E-state index in [0.29, 0.717) is 0 Å². The van der Waals surface area contributed by atoms with Gasteiger partial charge in [-0.1, -0.05) is 12.1 Å². The highest BCUT2D eigenvalue weighted by Crippen LogP contribution is 2.23. The van der Waals surface area contributed by atoms with Crippen LogP contribution in [0.15, 0.2) is 48.5 Å². The molecule has 0 aliphatic carbocycles. The Hall–Kier alpha value is -2.61. The summed E-state index contributed by atoms with van der Waals surface area (Å²) in [5.74, 6) is -0.909. The van der Waals surface area contributed by atoms with Crippen LogP contribution in [0.3, 0.4) is 0 Å². The second-order valence-corrected chi connectivity index (χ2v) is 9.23. The van der Waals surface area contributed by atoms with Crippen LogP contribution in [0.4, 0.5) is 15.8 Å². The van der Waals surface area contributed by atoms with E-state index in [2.05, 4.69) is 10.2 Å². The molecule has 1 aliphatic heterocycles. The smallest absolute Gasteiger partial charge is 0.241 e. The maximum atomic E-state index is 13.1. The third-order valence-corrected chi connectivity index (χ3v) is 6.18. The van der Waals surface area contributed by atoms with Gasteiger partial charge in [0.25, 0.3) is 0 Å². The van der Waals surface area contributed by atoms with Crippen LogP contribution < -0.4 is 14.5 Å². The summed E-state index contributed by atoms with van der Waals surface area (Å²) in [5, 5.41) is 2.84. The fraction of sp³-hybridized carbons (Fsp3) is 0.381. The molecule has 1 N–H and O–H groups in total. The Morgan fingerprint density at radius 1 is 1.10 bits per heavy atom.